The molecule has 0 radical (unpaired) electrons. The Labute approximate surface area is 126 Å². The molecule has 116 valence electrons. The van der Waals surface area contributed by atoms with Crippen molar-refractivity contribution in [3.8, 4) is 0 Å². The Morgan fingerprint density at radius 1 is 1.48 bits per heavy atom. The van der Waals surface area contributed by atoms with Gasteiger partial charge in [0.25, 0.3) is 0 Å². The molecule has 1 N–H and O–H groups in total. The van der Waals surface area contributed by atoms with Gasteiger partial charge in [0.1, 0.15) is 0 Å². The highest BCUT2D eigenvalue weighted by Crippen LogP contribution is 2.10. The second-order valence-electron chi connectivity index (χ2n) is 5.38. The molecule has 21 heavy (non-hydrogen) atoms. The highest BCUT2D eigenvalue weighted by atomic mass is 16.5. The third kappa shape index (κ3) is 5.34. The van der Waals surface area contributed by atoms with E-state index in [0.717, 1.165) is 44.5 Å². The van der Waals surface area contributed by atoms with E-state index in [1.807, 2.05) is 23.1 Å². The van der Waals surface area contributed by atoms with Crippen LogP contribution >= 0.6 is 0 Å². The lowest BCUT2D eigenvalue weighted by Crippen LogP contribution is -2.44. The van der Waals surface area contributed by atoms with Gasteiger partial charge in [-0.05, 0) is 31.4 Å². The number of urea groups is 1. The molecule has 0 bridgehead atoms. The summed E-state index contributed by atoms with van der Waals surface area (Å²) in [6.45, 7) is 4.98. The molecule has 1 unspecified atom stereocenters. The fraction of sp³-hybridized carbons (Fsp3) is 0.625. The van der Waals surface area contributed by atoms with Crippen LogP contribution in [0.3, 0.4) is 0 Å². The number of hydrogen-bond acceptors (Lipinski definition) is 3. The van der Waals surface area contributed by atoms with E-state index in [9.17, 15) is 4.79 Å². The van der Waals surface area contributed by atoms with Crippen LogP contribution in [0.5, 0.6) is 0 Å². The molecule has 2 rings (SSSR count). The molecule has 0 aliphatic carbocycles. The van der Waals surface area contributed by atoms with E-state index in [-0.39, 0.29) is 12.1 Å². The van der Waals surface area contributed by atoms with Gasteiger partial charge in [-0.1, -0.05) is 13.0 Å². The van der Waals surface area contributed by atoms with Crippen molar-refractivity contribution in [3.05, 3.63) is 30.1 Å². The van der Waals surface area contributed by atoms with E-state index in [4.69, 9.17) is 4.74 Å². The number of pyridine rings is 1. The second-order valence-corrected chi connectivity index (χ2v) is 5.38. The van der Waals surface area contributed by atoms with E-state index < -0.39 is 0 Å². The van der Waals surface area contributed by atoms with Gasteiger partial charge in [0.2, 0.25) is 0 Å². The summed E-state index contributed by atoms with van der Waals surface area (Å²) in [5, 5.41) is 2.99. The van der Waals surface area contributed by atoms with Crippen molar-refractivity contribution in [3.63, 3.8) is 0 Å². The van der Waals surface area contributed by atoms with Gasteiger partial charge in [0.15, 0.2) is 0 Å². The minimum atomic E-state index is 0.00304. The van der Waals surface area contributed by atoms with Gasteiger partial charge in [-0.15, -0.1) is 0 Å². The third-order valence-corrected chi connectivity index (χ3v) is 3.65. The van der Waals surface area contributed by atoms with Crippen molar-refractivity contribution in [1.29, 1.82) is 0 Å². The molecule has 0 saturated carbocycles. The third-order valence-electron chi connectivity index (χ3n) is 3.65. The molecule has 1 atom stereocenters. The quantitative estimate of drug-likeness (QED) is 0.838. The summed E-state index contributed by atoms with van der Waals surface area (Å²) in [5.41, 5.74) is 1.02. The second kappa shape index (κ2) is 8.62. The molecular weight excluding hydrogens is 266 g/mol. The van der Waals surface area contributed by atoms with Crippen molar-refractivity contribution in [1.82, 2.24) is 15.2 Å². The number of nitrogens with one attached hydrogen (secondary N) is 1. The van der Waals surface area contributed by atoms with Crippen molar-refractivity contribution in [2.45, 2.75) is 38.7 Å². The summed E-state index contributed by atoms with van der Waals surface area (Å²) in [6.07, 6.45) is 5.86. The summed E-state index contributed by atoms with van der Waals surface area (Å²) < 4.78 is 5.53. The van der Waals surface area contributed by atoms with Crippen molar-refractivity contribution < 1.29 is 9.53 Å². The molecule has 0 aromatic carbocycles. The van der Waals surface area contributed by atoms with Crippen LogP contribution < -0.4 is 5.32 Å². The Morgan fingerprint density at radius 3 is 3.05 bits per heavy atom. The van der Waals surface area contributed by atoms with Crippen LogP contribution in [0.4, 0.5) is 4.79 Å². The highest BCUT2D eigenvalue weighted by Gasteiger charge is 2.18. The number of ether oxygens (including phenoxy) is 1. The van der Waals surface area contributed by atoms with Crippen molar-refractivity contribution >= 4 is 6.03 Å². The first-order chi connectivity index (χ1) is 10.3. The van der Waals surface area contributed by atoms with Gasteiger partial charge in [0.05, 0.1) is 6.10 Å². The van der Waals surface area contributed by atoms with Crippen LogP contribution in [0.2, 0.25) is 0 Å². The van der Waals surface area contributed by atoms with Crippen LogP contribution in [0.1, 0.15) is 31.9 Å². The normalized spacial score (nSPS) is 17.7. The zero-order valence-electron chi connectivity index (χ0n) is 12.8. The summed E-state index contributed by atoms with van der Waals surface area (Å²) >= 11 is 0. The Bertz CT molecular complexity index is 419. The number of carbonyl (C=O) groups is 1. The first-order valence-corrected chi connectivity index (χ1v) is 7.84. The minimum Gasteiger partial charge on any atom is -0.376 e. The molecule has 2 amide bonds. The summed E-state index contributed by atoms with van der Waals surface area (Å²) in [7, 11) is 0. The fourth-order valence-corrected chi connectivity index (χ4v) is 2.50. The summed E-state index contributed by atoms with van der Waals surface area (Å²) in [4.78, 5) is 18.4. The number of aromatic nitrogens is 1. The molecule has 5 nitrogen and oxygen atoms in total. The average Bonchev–Trinajstić information content (AvgIpc) is 3.03. The Hall–Kier alpha value is -1.62. The maximum atomic E-state index is 12.2. The monoisotopic (exact) mass is 291 g/mol. The van der Waals surface area contributed by atoms with Gasteiger partial charge in [-0.3, -0.25) is 4.98 Å². The van der Waals surface area contributed by atoms with Gasteiger partial charge in [-0.25, -0.2) is 4.79 Å². The molecule has 1 saturated heterocycles. The predicted molar refractivity (Wildman–Crippen MR) is 82.2 cm³/mol. The SMILES string of the molecule is CCCN(CCc1ccccn1)C(=O)NCC1CCCO1. The Morgan fingerprint density at radius 2 is 2.38 bits per heavy atom. The van der Waals surface area contributed by atoms with Crippen LogP contribution in [0.25, 0.3) is 0 Å². The number of carbonyl (C=O) groups excluding carboxylic acids is 1. The summed E-state index contributed by atoms with van der Waals surface area (Å²) in [6, 6.07) is 5.88. The zero-order chi connectivity index (χ0) is 14.9. The first kappa shape index (κ1) is 15.8. The molecule has 1 fully saturated rings. The topological polar surface area (TPSA) is 54.5 Å². The molecule has 0 spiro atoms. The number of hydrogen-bond donors (Lipinski definition) is 1. The van der Waals surface area contributed by atoms with E-state index in [1.54, 1.807) is 6.20 Å². The molecule has 2 heterocycles. The van der Waals surface area contributed by atoms with Crippen LogP contribution in [-0.4, -0.2) is 48.3 Å². The lowest BCUT2D eigenvalue weighted by Gasteiger charge is -2.23. The van der Waals surface area contributed by atoms with E-state index >= 15 is 0 Å². The molecule has 1 aliphatic rings. The predicted octanol–water partition coefficient (Wildman–Crippen LogP) is 2.22. The van der Waals surface area contributed by atoms with Crippen molar-refractivity contribution in [2.24, 2.45) is 0 Å². The summed E-state index contributed by atoms with van der Waals surface area (Å²) in [5.74, 6) is 0. The van der Waals surface area contributed by atoms with E-state index in [2.05, 4.69) is 17.2 Å². The van der Waals surface area contributed by atoms with Gasteiger partial charge < -0.3 is 15.0 Å². The molecule has 1 aromatic rings. The lowest BCUT2D eigenvalue weighted by molar-refractivity contribution is 0.109. The fourth-order valence-electron chi connectivity index (χ4n) is 2.50. The standard InChI is InChI=1S/C16H25N3O2/c1-2-10-19(11-8-14-6-3-4-9-17-14)16(20)18-13-15-7-5-12-21-15/h3-4,6,9,15H,2,5,7-8,10-13H2,1H3,(H,18,20). The van der Waals surface area contributed by atoms with Gasteiger partial charge >= 0.3 is 6.03 Å². The Balaban J connectivity index is 1.77. The molecule has 5 heteroatoms. The highest BCUT2D eigenvalue weighted by molar-refractivity contribution is 5.74. The van der Waals surface area contributed by atoms with Crippen LogP contribution in [0, 0.1) is 0 Å². The maximum absolute atomic E-state index is 12.2. The number of nitrogens with zero attached hydrogens (tertiary/aromatic N) is 2. The number of amides is 2. The van der Waals surface area contributed by atoms with Gasteiger partial charge in [-0.2, -0.15) is 0 Å². The van der Waals surface area contributed by atoms with Crippen LogP contribution in [-0.2, 0) is 11.2 Å². The van der Waals surface area contributed by atoms with Crippen molar-refractivity contribution in [2.75, 3.05) is 26.2 Å². The number of rotatable bonds is 7. The molecule has 1 aromatic heterocycles. The maximum Gasteiger partial charge on any atom is 0.317 e. The van der Waals surface area contributed by atoms with E-state index in [0.29, 0.717) is 13.1 Å². The van der Waals surface area contributed by atoms with E-state index in [1.165, 1.54) is 0 Å². The smallest absolute Gasteiger partial charge is 0.317 e. The van der Waals surface area contributed by atoms with Gasteiger partial charge in [0, 0.05) is 44.6 Å². The zero-order valence-corrected chi connectivity index (χ0v) is 12.8. The van der Waals surface area contributed by atoms with Crippen LogP contribution in [0.15, 0.2) is 24.4 Å². The molecular formula is C16H25N3O2. The minimum absolute atomic E-state index is 0.00304. The first-order valence-electron chi connectivity index (χ1n) is 7.84. The Kier molecular flexibility index (Phi) is 6.47. The lowest BCUT2D eigenvalue weighted by atomic mass is 10.2. The molecule has 1 aliphatic heterocycles. The average molecular weight is 291 g/mol. The largest absolute Gasteiger partial charge is 0.376 e.